The molecule has 0 aliphatic heterocycles. The Bertz CT molecular complexity index is 591. The number of amides is 1. The monoisotopic (exact) mass is 288 g/mol. The molecular formula is C16H24N4O. The number of aromatic nitrogens is 2. The summed E-state index contributed by atoms with van der Waals surface area (Å²) in [5, 5.41) is 2.97. The highest BCUT2D eigenvalue weighted by molar-refractivity contribution is 5.79. The first-order valence-corrected chi connectivity index (χ1v) is 7.51. The van der Waals surface area contributed by atoms with E-state index < -0.39 is 0 Å². The van der Waals surface area contributed by atoms with Crippen LogP contribution in [0.4, 0.5) is 0 Å². The minimum Gasteiger partial charge on any atom is -0.356 e. The first kappa shape index (κ1) is 15.5. The molecule has 21 heavy (non-hydrogen) atoms. The predicted octanol–water partition coefficient (Wildman–Crippen LogP) is 1.77. The molecule has 0 saturated carbocycles. The molecule has 1 aromatic heterocycles. The van der Waals surface area contributed by atoms with Crippen molar-refractivity contribution in [2.24, 2.45) is 17.6 Å². The maximum atomic E-state index is 12.0. The molecule has 3 N–H and O–H groups in total. The Morgan fingerprint density at radius 3 is 2.86 bits per heavy atom. The van der Waals surface area contributed by atoms with Crippen LogP contribution in [0.15, 0.2) is 30.6 Å². The highest BCUT2D eigenvalue weighted by atomic mass is 16.1. The lowest BCUT2D eigenvalue weighted by Crippen LogP contribution is -2.38. The highest BCUT2D eigenvalue weighted by Crippen LogP contribution is 2.12. The van der Waals surface area contributed by atoms with Crippen molar-refractivity contribution in [3.8, 4) is 0 Å². The number of imidazole rings is 1. The molecule has 0 saturated heterocycles. The largest absolute Gasteiger partial charge is 0.356 e. The Morgan fingerprint density at radius 1 is 1.38 bits per heavy atom. The maximum absolute atomic E-state index is 12.0. The van der Waals surface area contributed by atoms with Gasteiger partial charge in [-0.2, -0.15) is 0 Å². The Balaban J connectivity index is 1.81. The smallest absolute Gasteiger partial charge is 0.224 e. The summed E-state index contributed by atoms with van der Waals surface area (Å²) in [7, 11) is 0. The van der Waals surface area contributed by atoms with Gasteiger partial charge in [-0.1, -0.05) is 26.0 Å². The van der Waals surface area contributed by atoms with Crippen LogP contribution < -0.4 is 11.1 Å². The summed E-state index contributed by atoms with van der Waals surface area (Å²) in [6.07, 6.45) is 2.73. The van der Waals surface area contributed by atoms with Crippen LogP contribution in [0.1, 0.15) is 20.3 Å². The fourth-order valence-electron chi connectivity index (χ4n) is 2.46. The number of hydrogen-bond acceptors (Lipinski definition) is 3. The van der Waals surface area contributed by atoms with Crippen molar-refractivity contribution in [3.63, 3.8) is 0 Å². The lowest BCUT2D eigenvalue weighted by Gasteiger charge is -2.18. The molecule has 1 amide bonds. The number of nitrogens with one attached hydrogen (secondary N) is 1. The summed E-state index contributed by atoms with van der Waals surface area (Å²) in [5.41, 5.74) is 7.78. The van der Waals surface area contributed by atoms with E-state index in [-0.39, 0.29) is 17.7 Å². The van der Waals surface area contributed by atoms with Gasteiger partial charge in [0, 0.05) is 19.6 Å². The van der Waals surface area contributed by atoms with Gasteiger partial charge in [0.25, 0.3) is 0 Å². The zero-order valence-corrected chi connectivity index (χ0v) is 12.7. The molecule has 2 aromatic rings. The van der Waals surface area contributed by atoms with E-state index in [9.17, 15) is 4.79 Å². The predicted molar refractivity (Wildman–Crippen MR) is 84.7 cm³/mol. The Morgan fingerprint density at radius 2 is 2.14 bits per heavy atom. The summed E-state index contributed by atoms with van der Waals surface area (Å²) >= 11 is 0. The van der Waals surface area contributed by atoms with E-state index in [0.29, 0.717) is 13.1 Å². The van der Waals surface area contributed by atoms with Gasteiger partial charge < -0.3 is 15.6 Å². The van der Waals surface area contributed by atoms with E-state index >= 15 is 0 Å². The van der Waals surface area contributed by atoms with E-state index in [4.69, 9.17) is 5.73 Å². The van der Waals surface area contributed by atoms with Crippen LogP contribution in [-0.2, 0) is 11.3 Å². The molecule has 114 valence electrons. The molecule has 0 bridgehead atoms. The molecular weight excluding hydrogens is 264 g/mol. The zero-order valence-electron chi connectivity index (χ0n) is 12.7. The number of nitrogens with two attached hydrogens (primary N) is 1. The minimum atomic E-state index is -0.0981. The Labute approximate surface area is 125 Å². The molecule has 0 spiro atoms. The van der Waals surface area contributed by atoms with Gasteiger partial charge in [-0.05, 0) is 24.5 Å². The molecule has 1 atom stereocenters. The van der Waals surface area contributed by atoms with Crippen molar-refractivity contribution in [1.29, 1.82) is 0 Å². The Hall–Kier alpha value is -1.88. The molecule has 5 nitrogen and oxygen atoms in total. The van der Waals surface area contributed by atoms with Gasteiger partial charge in [0.05, 0.1) is 23.3 Å². The first-order valence-electron chi connectivity index (χ1n) is 7.51. The lowest BCUT2D eigenvalue weighted by molar-refractivity contribution is -0.125. The van der Waals surface area contributed by atoms with Gasteiger partial charge in [0.15, 0.2) is 0 Å². The maximum Gasteiger partial charge on any atom is 0.224 e. The average Bonchev–Trinajstić information content (AvgIpc) is 2.87. The fraction of sp³-hybridized carbons (Fsp3) is 0.500. The number of carbonyl (C=O) groups excluding carboxylic acids is 1. The van der Waals surface area contributed by atoms with Crippen LogP contribution in [-0.4, -0.2) is 28.5 Å². The van der Waals surface area contributed by atoms with Gasteiger partial charge in [-0.25, -0.2) is 4.98 Å². The highest BCUT2D eigenvalue weighted by Gasteiger charge is 2.19. The van der Waals surface area contributed by atoms with Crippen LogP contribution in [0.5, 0.6) is 0 Å². The molecule has 1 unspecified atom stereocenters. The first-order chi connectivity index (χ1) is 10.1. The fourth-order valence-corrected chi connectivity index (χ4v) is 2.46. The summed E-state index contributed by atoms with van der Waals surface area (Å²) in [6, 6.07) is 8.06. The molecule has 0 aliphatic rings. The van der Waals surface area contributed by atoms with Crippen molar-refractivity contribution in [2.75, 3.05) is 13.1 Å². The lowest BCUT2D eigenvalue weighted by atomic mass is 9.95. The van der Waals surface area contributed by atoms with E-state index in [1.54, 1.807) is 0 Å². The molecule has 1 heterocycles. The summed E-state index contributed by atoms with van der Waals surface area (Å²) in [6.45, 7) is 5.95. The number of carbonyl (C=O) groups is 1. The molecule has 0 fully saturated rings. The molecule has 0 radical (unpaired) electrons. The van der Waals surface area contributed by atoms with E-state index in [0.717, 1.165) is 24.0 Å². The topological polar surface area (TPSA) is 72.9 Å². The van der Waals surface area contributed by atoms with Gasteiger partial charge >= 0.3 is 0 Å². The van der Waals surface area contributed by atoms with Gasteiger partial charge in [0.1, 0.15) is 0 Å². The van der Waals surface area contributed by atoms with Crippen molar-refractivity contribution in [1.82, 2.24) is 14.9 Å². The van der Waals surface area contributed by atoms with E-state index in [1.807, 2.05) is 38.4 Å². The molecule has 1 aromatic carbocycles. The van der Waals surface area contributed by atoms with E-state index in [2.05, 4.69) is 20.9 Å². The normalized spacial score (nSPS) is 12.8. The Kier molecular flexibility index (Phi) is 5.33. The van der Waals surface area contributed by atoms with E-state index in [1.165, 1.54) is 0 Å². The minimum absolute atomic E-state index is 0.0583. The number of nitrogens with zero attached hydrogens (tertiary/aromatic N) is 2. The SMILES string of the molecule is CC(C)C(CN)C(=O)NCCCn1cnc2ccccc21. The second-order valence-electron chi connectivity index (χ2n) is 5.66. The number of rotatable bonds is 7. The van der Waals surface area contributed by atoms with Crippen LogP contribution in [0.3, 0.4) is 0 Å². The van der Waals surface area contributed by atoms with Crippen LogP contribution in [0.2, 0.25) is 0 Å². The third-order valence-corrected chi connectivity index (χ3v) is 3.80. The van der Waals surface area contributed by atoms with Crippen molar-refractivity contribution < 1.29 is 4.79 Å². The summed E-state index contributed by atoms with van der Waals surface area (Å²) in [4.78, 5) is 16.3. The summed E-state index contributed by atoms with van der Waals surface area (Å²) < 4.78 is 2.12. The molecule has 5 heteroatoms. The van der Waals surface area contributed by atoms with Gasteiger partial charge in [-0.15, -0.1) is 0 Å². The third kappa shape index (κ3) is 3.82. The van der Waals surface area contributed by atoms with Crippen molar-refractivity contribution >= 4 is 16.9 Å². The van der Waals surface area contributed by atoms with Crippen molar-refractivity contribution in [2.45, 2.75) is 26.8 Å². The molecule has 2 rings (SSSR count). The second kappa shape index (κ2) is 7.22. The van der Waals surface area contributed by atoms with Crippen LogP contribution in [0, 0.1) is 11.8 Å². The average molecular weight is 288 g/mol. The third-order valence-electron chi connectivity index (χ3n) is 3.80. The van der Waals surface area contributed by atoms with Crippen molar-refractivity contribution in [3.05, 3.63) is 30.6 Å². The quantitative estimate of drug-likeness (QED) is 0.763. The number of para-hydroxylation sites is 2. The number of benzene rings is 1. The number of aryl methyl sites for hydroxylation is 1. The second-order valence-corrected chi connectivity index (χ2v) is 5.66. The number of fused-ring (bicyclic) bond motifs is 1. The van der Waals surface area contributed by atoms with Gasteiger partial charge in [-0.3, -0.25) is 4.79 Å². The standard InChI is InChI=1S/C16H24N4O/c1-12(2)13(10-17)16(21)18-8-5-9-20-11-19-14-6-3-4-7-15(14)20/h3-4,6-7,11-13H,5,8-10,17H2,1-2H3,(H,18,21). The van der Waals surface area contributed by atoms with Crippen LogP contribution >= 0.6 is 0 Å². The number of hydrogen-bond donors (Lipinski definition) is 2. The van der Waals surface area contributed by atoms with Gasteiger partial charge in [0.2, 0.25) is 5.91 Å². The summed E-state index contributed by atoms with van der Waals surface area (Å²) in [5.74, 6) is 0.231. The zero-order chi connectivity index (χ0) is 15.2. The molecule has 0 aliphatic carbocycles. The van der Waals surface area contributed by atoms with Crippen LogP contribution in [0.25, 0.3) is 11.0 Å².